The Bertz CT molecular complexity index is 876. The first-order chi connectivity index (χ1) is 12.3. The molecule has 2 aromatic rings. The molecule has 2 rings (SSSR count). The molecule has 0 saturated carbocycles. The summed E-state index contributed by atoms with van der Waals surface area (Å²) >= 11 is 6.08. The van der Waals surface area contributed by atoms with E-state index >= 15 is 0 Å². The minimum absolute atomic E-state index is 0.0559. The molecule has 0 fully saturated rings. The van der Waals surface area contributed by atoms with Crippen LogP contribution >= 0.6 is 11.6 Å². The zero-order chi connectivity index (χ0) is 19.3. The van der Waals surface area contributed by atoms with Gasteiger partial charge in [-0.1, -0.05) is 25.4 Å². The molecule has 0 radical (unpaired) electrons. The summed E-state index contributed by atoms with van der Waals surface area (Å²) in [5, 5.41) is 2.87. The molecule has 0 saturated heterocycles. The van der Waals surface area contributed by atoms with Crippen LogP contribution in [0.1, 0.15) is 30.0 Å². The van der Waals surface area contributed by atoms with Gasteiger partial charge in [0, 0.05) is 51.1 Å². The Morgan fingerprint density at radius 1 is 1.31 bits per heavy atom. The van der Waals surface area contributed by atoms with Crippen molar-refractivity contribution >= 4 is 27.5 Å². The predicted molar refractivity (Wildman–Crippen MR) is 101 cm³/mol. The Kier molecular flexibility index (Phi) is 6.80. The normalized spacial score (nSPS) is 11.7. The molecule has 1 aromatic carbocycles. The number of hydrogen-bond acceptors (Lipinski definition) is 4. The van der Waals surface area contributed by atoms with Gasteiger partial charge in [0.15, 0.2) is 0 Å². The van der Waals surface area contributed by atoms with Crippen molar-refractivity contribution < 1.29 is 13.2 Å². The molecule has 0 aliphatic heterocycles. The van der Waals surface area contributed by atoms with E-state index < -0.39 is 10.0 Å². The van der Waals surface area contributed by atoms with Crippen LogP contribution in [0.2, 0.25) is 5.02 Å². The molecule has 26 heavy (non-hydrogen) atoms. The van der Waals surface area contributed by atoms with Crippen molar-refractivity contribution in [2.75, 3.05) is 19.6 Å². The molecule has 0 aliphatic carbocycles. The Morgan fingerprint density at radius 2 is 2.00 bits per heavy atom. The van der Waals surface area contributed by atoms with E-state index in [1.807, 2.05) is 17.8 Å². The molecule has 0 spiro atoms. The van der Waals surface area contributed by atoms with Gasteiger partial charge in [-0.2, -0.15) is 4.31 Å². The number of hydrogen-bond donors (Lipinski definition) is 1. The zero-order valence-electron chi connectivity index (χ0n) is 15.1. The summed E-state index contributed by atoms with van der Waals surface area (Å²) in [5.74, 6) is 0.498. The third kappa shape index (κ3) is 4.44. The molecular formula is C17H23ClN4O3S. The van der Waals surface area contributed by atoms with Crippen molar-refractivity contribution in [1.82, 2.24) is 19.2 Å². The van der Waals surface area contributed by atoms with Crippen molar-refractivity contribution in [3.05, 3.63) is 47.0 Å². The molecular weight excluding hydrogens is 376 g/mol. The number of halogens is 1. The summed E-state index contributed by atoms with van der Waals surface area (Å²) in [7, 11) is -1.86. The van der Waals surface area contributed by atoms with Gasteiger partial charge in [0.1, 0.15) is 10.7 Å². The van der Waals surface area contributed by atoms with Gasteiger partial charge in [-0.3, -0.25) is 4.79 Å². The van der Waals surface area contributed by atoms with E-state index in [9.17, 15) is 13.2 Å². The number of amides is 1. The van der Waals surface area contributed by atoms with Crippen molar-refractivity contribution in [1.29, 1.82) is 0 Å². The quantitative estimate of drug-likeness (QED) is 0.737. The molecule has 1 amide bonds. The van der Waals surface area contributed by atoms with E-state index in [0.29, 0.717) is 26.1 Å². The molecule has 7 nitrogen and oxygen atoms in total. The predicted octanol–water partition coefficient (Wildman–Crippen LogP) is 2.08. The van der Waals surface area contributed by atoms with Crippen molar-refractivity contribution in [2.45, 2.75) is 25.2 Å². The fraction of sp³-hybridized carbons (Fsp3) is 0.412. The number of imidazole rings is 1. The third-order valence-electron chi connectivity index (χ3n) is 4.07. The van der Waals surface area contributed by atoms with Gasteiger partial charge in [-0.25, -0.2) is 13.4 Å². The number of benzene rings is 1. The second-order valence-electron chi connectivity index (χ2n) is 5.69. The monoisotopic (exact) mass is 398 g/mol. The highest BCUT2D eigenvalue weighted by Gasteiger charge is 2.25. The van der Waals surface area contributed by atoms with Gasteiger partial charge < -0.3 is 9.88 Å². The smallest absolute Gasteiger partial charge is 0.251 e. The first-order valence-corrected chi connectivity index (χ1v) is 10.2. The zero-order valence-corrected chi connectivity index (χ0v) is 16.6. The van der Waals surface area contributed by atoms with E-state index in [2.05, 4.69) is 10.3 Å². The van der Waals surface area contributed by atoms with Crippen LogP contribution in [-0.2, 0) is 23.5 Å². The SMILES string of the molecule is CCN(CC)S(=O)(=O)c1cc(C(=O)NCCc2nccn2C)ccc1Cl. The Hall–Kier alpha value is -1.90. The van der Waals surface area contributed by atoms with E-state index in [0.717, 1.165) is 5.82 Å². The number of nitrogens with zero attached hydrogens (tertiary/aromatic N) is 3. The van der Waals surface area contributed by atoms with Crippen molar-refractivity contribution in [3.63, 3.8) is 0 Å². The number of sulfonamides is 1. The van der Waals surface area contributed by atoms with Crippen molar-refractivity contribution in [2.24, 2.45) is 7.05 Å². The molecule has 0 unspecified atom stereocenters. The molecule has 0 atom stereocenters. The number of carbonyl (C=O) groups is 1. The number of aryl methyl sites for hydroxylation is 1. The van der Waals surface area contributed by atoms with E-state index in [1.54, 1.807) is 20.0 Å². The summed E-state index contributed by atoms with van der Waals surface area (Å²) in [4.78, 5) is 16.5. The van der Waals surface area contributed by atoms with Crippen LogP contribution in [0.25, 0.3) is 0 Å². The van der Waals surface area contributed by atoms with Crippen LogP contribution in [0.3, 0.4) is 0 Å². The number of aromatic nitrogens is 2. The molecule has 9 heteroatoms. The van der Waals surface area contributed by atoms with Crippen LogP contribution in [0.15, 0.2) is 35.5 Å². The number of nitrogens with one attached hydrogen (secondary N) is 1. The average molecular weight is 399 g/mol. The lowest BCUT2D eigenvalue weighted by Gasteiger charge is -2.19. The standard InChI is InChI=1S/C17H23ClN4O3S/c1-4-22(5-2)26(24,25)15-12-13(6-7-14(15)18)17(23)20-9-8-16-19-10-11-21(16)3/h6-7,10-12H,4-5,8-9H2,1-3H3,(H,20,23). The maximum Gasteiger partial charge on any atom is 0.251 e. The van der Waals surface area contributed by atoms with Gasteiger partial charge in [-0.15, -0.1) is 0 Å². The molecule has 0 bridgehead atoms. The first kappa shape index (κ1) is 20.4. The van der Waals surface area contributed by atoms with Crippen LogP contribution in [0, 0.1) is 0 Å². The summed E-state index contributed by atoms with van der Waals surface area (Å²) in [6.07, 6.45) is 4.11. The highest BCUT2D eigenvalue weighted by Crippen LogP contribution is 2.25. The third-order valence-corrected chi connectivity index (χ3v) is 6.60. The van der Waals surface area contributed by atoms with Gasteiger partial charge in [0.25, 0.3) is 5.91 Å². The summed E-state index contributed by atoms with van der Waals surface area (Å²) in [5.41, 5.74) is 0.250. The lowest BCUT2D eigenvalue weighted by atomic mass is 10.2. The maximum absolute atomic E-state index is 12.7. The lowest BCUT2D eigenvalue weighted by molar-refractivity contribution is 0.0953. The topological polar surface area (TPSA) is 84.3 Å². The van der Waals surface area contributed by atoms with Gasteiger partial charge in [-0.05, 0) is 18.2 Å². The molecule has 1 aromatic heterocycles. The first-order valence-electron chi connectivity index (χ1n) is 8.35. The fourth-order valence-electron chi connectivity index (χ4n) is 2.57. The van der Waals surface area contributed by atoms with Crippen LogP contribution < -0.4 is 5.32 Å². The summed E-state index contributed by atoms with van der Waals surface area (Å²) < 4.78 is 28.6. The molecule has 1 heterocycles. The Morgan fingerprint density at radius 3 is 2.58 bits per heavy atom. The lowest BCUT2D eigenvalue weighted by Crippen LogP contribution is -2.31. The minimum atomic E-state index is -3.74. The highest BCUT2D eigenvalue weighted by atomic mass is 35.5. The summed E-state index contributed by atoms with van der Waals surface area (Å²) in [6.45, 7) is 4.56. The highest BCUT2D eigenvalue weighted by molar-refractivity contribution is 7.89. The number of rotatable bonds is 8. The van der Waals surface area contributed by atoms with E-state index in [4.69, 9.17) is 11.6 Å². The second-order valence-corrected chi connectivity index (χ2v) is 8.01. The van der Waals surface area contributed by atoms with Crippen LogP contribution in [0.5, 0.6) is 0 Å². The number of carbonyl (C=O) groups excluding carboxylic acids is 1. The van der Waals surface area contributed by atoms with Gasteiger partial charge in [0.2, 0.25) is 10.0 Å². The molecule has 142 valence electrons. The molecule has 1 N–H and O–H groups in total. The maximum atomic E-state index is 12.7. The Labute approximate surface area is 159 Å². The van der Waals surface area contributed by atoms with E-state index in [-0.39, 0.29) is 21.4 Å². The fourth-order valence-corrected chi connectivity index (χ4v) is 4.53. The average Bonchev–Trinajstić information content (AvgIpc) is 3.01. The van der Waals surface area contributed by atoms with Gasteiger partial charge >= 0.3 is 0 Å². The van der Waals surface area contributed by atoms with E-state index in [1.165, 1.54) is 22.5 Å². The molecule has 0 aliphatic rings. The summed E-state index contributed by atoms with van der Waals surface area (Å²) in [6, 6.07) is 4.28. The van der Waals surface area contributed by atoms with Crippen molar-refractivity contribution in [3.8, 4) is 0 Å². The second kappa shape index (κ2) is 8.66. The van der Waals surface area contributed by atoms with Crippen LogP contribution in [0.4, 0.5) is 0 Å². The largest absolute Gasteiger partial charge is 0.352 e. The Balaban J connectivity index is 2.15. The van der Waals surface area contributed by atoms with Crippen LogP contribution in [-0.4, -0.2) is 47.8 Å². The van der Waals surface area contributed by atoms with Gasteiger partial charge in [0.05, 0.1) is 5.02 Å². The minimum Gasteiger partial charge on any atom is -0.352 e.